The summed E-state index contributed by atoms with van der Waals surface area (Å²) in [5, 5.41) is 3.63. The minimum absolute atomic E-state index is 0.207. The summed E-state index contributed by atoms with van der Waals surface area (Å²) in [6.07, 6.45) is 0. The molecule has 2 rings (SSSR count). The first kappa shape index (κ1) is 17.1. The van der Waals surface area contributed by atoms with Crippen molar-refractivity contribution < 1.29 is 9.47 Å². The maximum atomic E-state index is 12.2. The van der Waals surface area contributed by atoms with E-state index in [1.165, 1.54) is 7.11 Å². The van der Waals surface area contributed by atoms with Crippen LogP contribution in [0.25, 0.3) is 10.9 Å². The molecule has 0 saturated carbocycles. The molecule has 1 aromatic carbocycles. The zero-order valence-corrected chi connectivity index (χ0v) is 14.1. The molecule has 0 bridgehead atoms. The number of hydrogen-bond acceptors (Lipinski definition) is 6. The molecule has 2 N–H and O–H groups in total. The molecule has 126 valence electrons. The Labute approximate surface area is 135 Å². The molecule has 0 atom stereocenters. The van der Waals surface area contributed by atoms with Crippen molar-refractivity contribution in [2.24, 2.45) is 0 Å². The molecular weight excluding hydrogens is 296 g/mol. The molecule has 1 aromatic heterocycles. The third-order valence-electron chi connectivity index (χ3n) is 3.83. The van der Waals surface area contributed by atoms with Crippen LogP contribution in [0, 0.1) is 0 Å². The van der Waals surface area contributed by atoms with Crippen LogP contribution in [0.2, 0.25) is 0 Å². The van der Waals surface area contributed by atoms with Crippen LogP contribution < -0.4 is 20.3 Å². The van der Waals surface area contributed by atoms with Crippen molar-refractivity contribution in [3.8, 4) is 11.5 Å². The van der Waals surface area contributed by atoms with Crippen LogP contribution in [-0.4, -0.2) is 55.3 Å². The second kappa shape index (κ2) is 7.82. The fraction of sp³-hybridized carbons (Fsp3) is 0.500. The molecule has 0 aliphatic carbocycles. The van der Waals surface area contributed by atoms with Gasteiger partial charge in [0.15, 0.2) is 11.5 Å². The van der Waals surface area contributed by atoms with E-state index in [1.807, 2.05) is 0 Å². The number of benzene rings is 1. The van der Waals surface area contributed by atoms with Gasteiger partial charge in [-0.2, -0.15) is 0 Å². The number of rotatable bonds is 8. The van der Waals surface area contributed by atoms with Gasteiger partial charge in [0.1, 0.15) is 0 Å². The number of methoxy groups -OCH3 is 2. The van der Waals surface area contributed by atoms with Crippen LogP contribution in [0.1, 0.15) is 13.8 Å². The van der Waals surface area contributed by atoms with Crippen LogP contribution in [-0.2, 0) is 0 Å². The van der Waals surface area contributed by atoms with Crippen LogP contribution in [0.5, 0.6) is 11.5 Å². The molecule has 0 spiro atoms. The number of aromatic amines is 1. The second-order valence-corrected chi connectivity index (χ2v) is 5.09. The number of nitrogens with zero attached hydrogens (tertiary/aromatic N) is 2. The van der Waals surface area contributed by atoms with Crippen LogP contribution in [0.15, 0.2) is 16.9 Å². The smallest absolute Gasteiger partial charge is 0.260 e. The third kappa shape index (κ3) is 3.92. The third-order valence-corrected chi connectivity index (χ3v) is 3.83. The summed E-state index contributed by atoms with van der Waals surface area (Å²) in [4.78, 5) is 21.7. The zero-order valence-electron chi connectivity index (χ0n) is 14.1. The Morgan fingerprint density at radius 3 is 2.43 bits per heavy atom. The van der Waals surface area contributed by atoms with Crippen molar-refractivity contribution in [2.75, 3.05) is 45.7 Å². The highest BCUT2D eigenvalue weighted by molar-refractivity contribution is 5.82. The maximum absolute atomic E-state index is 12.2. The van der Waals surface area contributed by atoms with E-state index in [-0.39, 0.29) is 5.56 Å². The Morgan fingerprint density at radius 2 is 1.83 bits per heavy atom. The van der Waals surface area contributed by atoms with Crippen molar-refractivity contribution in [3.05, 3.63) is 22.5 Å². The summed E-state index contributed by atoms with van der Waals surface area (Å²) in [7, 11) is 3.09. The average Bonchev–Trinajstić information content (AvgIpc) is 2.57. The standard InChI is InChI=1S/C16H24N4O3/c1-5-20(6-2)8-7-17-16-18-12-10-14(23-4)13(22-3)9-11(12)15(21)19-16/h9-10H,5-8H2,1-4H3,(H2,17,18,19,21). The van der Waals surface area contributed by atoms with Gasteiger partial charge in [0.2, 0.25) is 5.95 Å². The number of fused-ring (bicyclic) bond motifs is 1. The molecular formula is C16H24N4O3. The Morgan fingerprint density at radius 1 is 1.17 bits per heavy atom. The highest BCUT2D eigenvalue weighted by Gasteiger charge is 2.11. The van der Waals surface area contributed by atoms with E-state index in [9.17, 15) is 4.79 Å². The van der Waals surface area contributed by atoms with Crippen molar-refractivity contribution in [3.63, 3.8) is 0 Å². The van der Waals surface area contributed by atoms with E-state index in [1.54, 1.807) is 19.2 Å². The second-order valence-electron chi connectivity index (χ2n) is 5.09. The predicted octanol–water partition coefficient (Wildman–Crippen LogP) is 1.69. The Balaban J connectivity index is 2.24. The van der Waals surface area contributed by atoms with Gasteiger partial charge >= 0.3 is 0 Å². The van der Waals surface area contributed by atoms with Gasteiger partial charge in [0.05, 0.1) is 25.1 Å². The lowest BCUT2D eigenvalue weighted by Crippen LogP contribution is -2.29. The molecule has 0 radical (unpaired) electrons. The number of H-pyrrole nitrogens is 1. The fourth-order valence-electron chi connectivity index (χ4n) is 2.42. The molecule has 7 heteroatoms. The van der Waals surface area contributed by atoms with E-state index >= 15 is 0 Å². The summed E-state index contributed by atoms with van der Waals surface area (Å²) in [5.74, 6) is 1.52. The number of nitrogens with one attached hydrogen (secondary N) is 2. The van der Waals surface area contributed by atoms with Gasteiger partial charge < -0.3 is 19.7 Å². The summed E-state index contributed by atoms with van der Waals surface area (Å²) >= 11 is 0. The minimum atomic E-state index is -0.207. The highest BCUT2D eigenvalue weighted by Crippen LogP contribution is 2.30. The fourth-order valence-corrected chi connectivity index (χ4v) is 2.42. The lowest BCUT2D eigenvalue weighted by Gasteiger charge is -2.18. The Bertz CT molecular complexity index is 710. The number of hydrogen-bond donors (Lipinski definition) is 2. The van der Waals surface area contributed by atoms with Crippen molar-refractivity contribution in [1.82, 2.24) is 14.9 Å². The lowest BCUT2D eigenvalue weighted by atomic mass is 10.2. The number of likely N-dealkylation sites (N-methyl/N-ethyl adjacent to an activating group) is 1. The van der Waals surface area contributed by atoms with Crippen LogP contribution in [0.4, 0.5) is 5.95 Å². The van der Waals surface area contributed by atoms with Crippen LogP contribution >= 0.6 is 0 Å². The summed E-state index contributed by atoms with van der Waals surface area (Å²) in [6, 6.07) is 3.35. The van der Waals surface area contributed by atoms with Gasteiger partial charge in [0, 0.05) is 19.2 Å². The topological polar surface area (TPSA) is 79.5 Å². The quantitative estimate of drug-likeness (QED) is 0.770. The number of ether oxygens (including phenoxy) is 2. The normalized spacial score (nSPS) is 11.0. The largest absolute Gasteiger partial charge is 0.493 e. The van der Waals surface area contributed by atoms with Crippen molar-refractivity contribution in [2.45, 2.75) is 13.8 Å². The van der Waals surface area contributed by atoms with E-state index < -0.39 is 0 Å². The molecule has 0 aliphatic heterocycles. The first-order chi connectivity index (χ1) is 11.1. The summed E-state index contributed by atoms with van der Waals surface area (Å²) in [5.41, 5.74) is 0.359. The van der Waals surface area contributed by atoms with E-state index in [2.05, 4.69) is 34.0 Å². The van der Waals surface area contributed by atoms with E-state index in [0.717, 1.165) is 19.6 Å². The molecule has 1 heterocycles. The van der Waals surface area contributed by atoms with Gasteiger partial charge in [-0.05, 0) is 19.2 Å². The SMILES string of the molecule is CCN(CC)CCNc1nc2cc(OC)c(OC)cc2c(=O)[nH]1. The molecule has 0 fully saturated rings. The Kier molecular flexibility index (Phi) is 5.81. The highest BCUT2D eigenvalue weighted by atomic mass is 16.5. The van der Waals surface area contributed by atoms with Gasteiger partial charge in [-0.3, -0.25) is 9.78 Å². The van der Waals surface area contributed by atoms with Crippen molar-refractivity contribution in [1.29, 1.82) is 0 Å². The van der Waals surface area contributed by atoms with Gasteiger partial charge in [-0.15, -0.1) is 0 Å². The monoisotopic (exact) mass is 320 g/mol. The first-order valence-electron chi connectivity index (χ1n) is 7.75. The van der Waals surface area contributed by atoms with Gasteiger partial charge in [-0.25, -0.2) is 4.98 Å². The average molecular weight is 320 g/mol. The van der Waals surface area contributed by atoms with Gasteiger partial charge in [-0.1, -0.05) is 13.8 Å². The Hall–Kier alpha value is -2.28. The minimum Gasteiger partial charge on any atom is -0.493 e. The predicted molar refractivity (Wildman–Crippen MR) is 91.7 cm³/mol. The van der Waals surface area contributed by atoms with Crippen LogP contribution in [0.3, 0.4) is 0 Å². The molecule has 23 heavy (non-hydrogen) atoms. The molecule has 0 aliphatic rings. The number of aromatic nitrogens is 2. The first-order valence-corrected chi connectivity index (χ1v) is 7.75. The lowest BCUT2D eigenvalue weighted by molar-refractivity contribution is 0.316. The molecule has 7 nitrogen and oxygen atoms in total. The molecule has 0 amide bonds. The summed E-state index contributed by atoms with van der Waals surface area (Å²) in [6.45, 7) is 7.84. The van der Waals surface area contributed by atoms with Gasteiger partial charge in [0.25, 0.3) is 5.56 Å². The summed E-state index contributed by atoms with van der Waals surface area (Å²) < 4.78 is 10.5. The molecule has 2 aromatic rings. The molecule has 0 unspecified atom stereocenters. The maximum Gasteiger partial charge on any atom is 0.260 e. The number of anilines is 1. The molecule has 0 saturated heterocycles. The van der Waals surface area contributed by atoms with E-state index in [0.29, 0.717) is 34.9 Å². The van der Waals surface area contributed by atoms with E-state index in [4.69, 9.17) is 9.47 Å². The van der Waals surface area contributed by atoms with Crippen molar-refractivity contribution >= 4 is 16.9 Å². The zero-order chi connectivity index (χ0) is 16.8.